The van der Waals surface area contributed by atoms with Gasteiger partial charge in [0.15, 0.2) is 9.84 Å². The molecule has 2 aliphatic rings. The van der Waals surface area contributed by atoms with Crippen LogP contribution in [0.1, 0.15) is 19.3 Å². The third kappa shape index (κ3) is 3.01. The lowest BCUT2D eigenvalue weighted by molar-refractivity contribution is 0.273. The smallest absolute Gasteiger partial charge is 0.175 e. The minimum atomic E-state index is -3.20. The van der Waals surface area contributed by atoms with Gasteiger partial charge >= 0.3 is 0 Å². The first-order valence-corrected chi connectivity index (χ1v) is 9.43. The number of sulfone groups is 1. The predicted octanol–water partition coefficient (Wildman–Crippen LogP) is 1.35. The Hall–Kier alpha value is -1.27. The van der Waals surface area contributed by atoms with Crippen LogP contribution < -0.4 is 10.6 Å². The van der Waals surface area contributed by atoms with E-state index in [0.29, 0.717) is 16.6 Å². The van der Waals surface area contributed by atoms with Gasteiger partial charge in [-0.05, 0) is 44.0 Å². The molecule has 21 heavy (non-hydrogen) atoms. The molecule has 2 saturated heterocycles. The molecule has 0 aromatic heterocycles. The minimum Gasteiger partial charge on any atom is -0.397 e. The highest BCUT2D eigenvalue weighted by Gasteiger charge is 2.29. The van der Waals surface area contributed by atoms with E-state index in [4.69, 9.17) is 5.73 Å². The number of nitrogens with zero attached hydrogens (tertiary/aromatic N) is 2. The fourth-order valence-corrected chi connectivity index (χ4v) is 4.13. The van der Waals surface area contributed by atoms with Gasteiger partial charge in [0, 0.05) is 31.9 Å². The SMILES string of the molecule is CS(=O)(=O)c1ccc(N2CCCN3CCCC3C2)c(N)c1. The van der Waals surface area contributed by atoms with Crippen molar-refractivity contribution < 1.29 is 8.42 Å². The van der Waals surface area contributed by atoms with Crippen LogP contribution in [0.25, 0.3) is 0 Å². The Morgan fingerprint density at radius 3 is 2.67 bits per heavy atom. The number of rotatable bonds is 2. The van der Waals surface area contributed by atoms with E-state index in [-0.39, 0.29) is 0 Å². The van der Waals surface area contributed by atoms with Crippen LogP contribution in [0.4, 0.5) is 11.4 Å². The Labute approximate surface area is 126 Å². The van der Waals surface area contributed by atoms with Gasteiger partial charge in [-0.25, -0.2) is 8.42 Å². The van der Waals surface area contributed by atoms with Crippen molar-refractivity contribution in [1.29, 1.82) is 0 Å². The molecule has 2 fully saturated rings. The van der Waals surface area contributed by atoms with Gasteiger partial charge < -0.3 is 10.6 Å². The van der Waals surface area contributed by atoms with Crippen molar-refractivity contribution in [3.05, 3.63) is 18.2 Å². The van der Waals surface area contributed by atoms with Crippen molar-refractivity contribution in [2.24, 2.45) is 0 Å². The van der Waals surface area contributed by atoms with Gasteiger partial charge in [-0.2, -0.15) is 0 Å². The average Bonchev–Trinajstić information content (AvgIpc) is 2.75. The highest BCUT2D eigenvalue weighted by molar-refractivity contribution is 7.90. The molecule has 0 saturated carbocycles. The molecule has 1 atom stereocenters. The van der Waals surface area contributed by atoms with Gasteiger partial charge in [-0.15, -0.1) is 0 Å². The van der Waals surface area contributed by atoms with Crippen LogP contribution in [-0.4, -0.2) is 51.8 Å². The molecular formula is C15H23N3O2S. The zero-order valence-corrected chi connectivity index (χ0v) is 13.3. The molecule has 5 nitrogen and oxygen atoms in total. The quantitative estimate of drug-likeness (QED) is 0.835. The van der Waals surface area contributed by atoms with Crippen molar-refractivity contribution in [2.75, 3.05) is 43.1 Å². The van der Waals surface area contributed by atoms with Crippen LogP contribution in [0, 0.1) is 0 Å². The Balaban J connectivity index is 1.86. The van der Waals surface area contributed by atoms with Gasteiger partial charge in [0.05, 0.1) is 16.3 Å². The molecule has 2 N–H and O–H groups in total. The zero-order chi connectivity index (χ0) is 15.0. The van der Waals surface area contributed by atoms with Crippen molar-refractivity contribution >= 4 is 21.2 Å². The first kappa shape index (κ1) is 14.7. The molecule has 0 amide bonds. The van der Waals surface area contributed by atoms with Crippen LogP contribution in [-0.2, 0) is 9.84 Å². The Kier molecular flexibility index (Phi) is 3.84. The third-order valence-electron chi connectivity index (χ3n) is 4.57. The fourth-order valence-electron chi connectivity index (χ4n) is 3.48. The second-order valence-corrected chi connectivity index (χ2v) is 8.14. The Bertz CT molecular complexity index is 630. The molecule has 0 spiro atoms. The maximum atomic E-state index is 11.6. The Morgan fingerprint density at radius 1 is 1.19 bits per heavy atom. The molecule has 1 aromatic carbocycles. The summed E-state index contributed by atoms with van der Waals surface area (Å²) in [5.41, 5.74) is 7.65. The fraction of sp³-hybridized carbons (Fsp3) is 0.600. The average molecular weight is 309 g/mol. The van der Waals surface area contributed by atoms with Gasteiger partial charge in [0.2, 0.25) is 0 Å². The number of fused-ring (bicyclic) bond motifs is 1. The van der Waals surface area contributed by atoms with Gasteiger partial charge in [0.1, 0.15) is 0 Å². The normalized spacial score (nSPS) is 23.9. The summed E-state index contributed by atoms with van der Waals surface area (Å²) in [6, 6.07) is 5.72. The number of hydrogen-bond acceptors (Lipinski definition) is 5. The summed E-state index contributed by atoms with van der Waals surface area (Å²) in [4.78, 5) is 5.18. The first-order chi connectivity index (χ1) is 9.95. The summed E-state index contributed by atoms with van der Waals surface area (Å²) in [6.45, 7) is 4.33. The van der Waals surface area contributed by atoms with Crippen molar-refractivity contribution in [1.82, 2.24) is 4.90 Å². The van der Waals surface area contributed by atoms with E-state index in [0.717, 1.165) is 31.7 Å². The molecule has 116 valence electrons. The van der Waals surface area contributed by atoms with Crippen LogP contribution in [0.2, 0.25) is 0 Å². The maximum absolute atomic E-state index is 11.6. The predicted molar refractivity (Wildman–Crippen MR) is 85.4 cm³/mol. The van der Waals surface area contributed by atoms with E-state index in [2.05, 4.69) is 9.80 Å². The van der Waals surface area contributed by atoms with Crippen LogP contribution in [0.5, 0.6) is 0 Å². The zero-order valence-electron chi connectivity index (χ0n) is 12.5. The lowest BCUT2D eigenvalue weighted by atomic mass is 10.2. The highest BCUT2D eigenvalue weighted by atomic mass is 32.2. The summed E-state index contributed by atoms with van der Waals surface area (Å²) < 4.78 is 23.2. The van der Waals surface area contributed by atoms with Crippen molar-refractivity contribution in [2.45, 2.75) is 30.2 Å². The van der Waals surface area contributed by atoms with Crippen LogP contribution in [0.3, 0.4) is 0 Å². The third-order valence-corrected chi connectivity index (χ3v) is 5.68. The first-order valence-electron chi connectivity index (χ1n) is 7.54. The van der Waals surface area contributed by atoms with Gasteiger partial charge in [-0.1, -0.05) is 0 Å². The molecule has 6 heteroatoms. The molecule has 0 radical (unpaired) electrons. The summed E-state index contributed by atoms with van der Waals surface area (Å²) in [6.07, 6.45) is 4.87. The number of anilines is 2. The molecular weight excluding hydrogens is 286 g/mol. The second kappa shape index (κ2) is 5.50. The molecule has 0 bridgehead atoms. The minimum absolute atomic E-state index is 0.293. The van der Waals surface area contributed by atoms with E-state index in [9.17, 15) is 8.42 Å². The van der Waals surface area contributed by atoms with Gasteiger partial charge in [-0.3, -0.25) is 4.90 Å². The number of nitrogen functional groups attached to an aromatic ring is 1. The summed E-state index contributed by atoms with van der Waals surface area (Å²) in [7, 11) is -3.20. The van der Waals surface area contributed by atoms with E-state index in [1.807, 2.05) is 6.07 Å². The molecule has 2 heterocycles. The summed E-state index contributed by atoms with van der Waals surface area (Å²) in [5, 5.41) is 0. The largest absolute Gasteiger partial charge is 0.397 e. The second-order valence-electron chi connectivity index (χ2n) is 6.12. The van der Waals surface area contributed by atoms with Crippen LogP contribution in [0.15, 0.2) is 23.1 Å². The van der Waals surface area contributed by atoms with E-state index >= 15 is 0 Å². The highest BCUT2D eigenvalue weighted by Crippen LogP contribution is 2.30. The molecule has 2 aliphatic heterocycles. The topological polar surface area (TPSA) is 66.6 Å². The van der Waals surface area contributed by atoms with Crippen molar-refractivity contribution in [3.63, 3.8) is 0 Å². The lowest BCUT2D eigenvalue weighted by Crippen LogP contribution is -2.36. The van der Waals surface area contributed by atoms with E-state index in [1.165, 1.54) is 25.6 Å². The number of benzene rings is 1. The number of nitrogens with two attached hydrogens (primary N) is 1. The standard InChI is InChI=1S/C15H23N3O2S/c1-21(19,20)13-5-6-15(14(16)10-13)18-9-3-8-17-7-2-4-12(17)11-18/h5-6,10,12H,2-4,7-9,11,16H2,1H3. The summed E-state index contributed by atoms with van der Waals surface area (Å²) >= 11 is 0. The van der Waals surface area contributed by atoms with E-state index in [1.54, 1.807) is 12.1 Å². The number of hydrogen-bond donors (Lipinski definition) is 1. The summed E-state index contributed by atoms with van der Waals surface area (Å²) in [5.74, 6) is 0. The lowest BCUT2D eigenvalue weighted by Gasteiger charge is -2.28. The maximum Gasteiger partial charge on any atom is 0.175 e. The van der Waals surface area contributed by atoms with Crippen LogP contribution >= 0.6 is 0 Å². The molecule has 3 rings (SSSR count). The molecule has 0 aliphatic carbocycles. The molecule has 1 unspecified atom stereocenters. The Morgan fingerprint density at radius 2 is 1.95 bits per heavy atom. The van der Waals surface area contributed by atoms with E-state index < -0.39 is 9.84 Å². The molecule has 1 aromatic rings. The van der Waals surface area contributed by atoms with Crippen molar-refractivity contribution in [3.8, 4) is 0 Å². The monoisotopic (exact) mass is 309 g/mol. The van der Waals surface area contributed by atoms with Gasteiger partial charge in [0.25, 0.3) is 0 Å².